The van der Waals surface area contributed by atoms with Crippen molar-refractivity contribution < 1.29 is 14.3 Å². The van der Waals surface area contributed by atoms with E-state index < -0.39 is 0 Å². The van der Waals surface area contributed by atoms with E-state index in [1.54, 1.807) is 7.05 Å². The molecule has 2 unspecified atom stereocenters. The number of hydrogen-bond acceptors (Lipinski definition) is 4. The molecule has 0 bridgehead atoms. The van der Waals surface area contributed by atoms with Crippen LogP contribution >= 0.6 is 0 Å². The van der Waals surface area contributed by atoms with Gasteiger partial charge in [0.15, 0.2) is 0 Å². The number of carbonyl (C=O) groups excluding carboxylic acids is 1. The first-order chi connectivity index (χ1) is 10.1. The maximum Gasteiger partial charge on any atom is 0.323 e. The van der Waals surface area contributed by atoms with E-state index in [-0.39, 0.29) is 12.0 Å². The number of ether oxygens (including phenoxy) is 2. The number of nitrogens with one attached hydrogen (secondary N) is 1. The maximum atomic E-state index is 11.7. The lowest BCUT2D eigenvalue weighted by atomic mass is 9.98. The minimum Gasteiger partial charge on any atom is -0.493 e. The van der Waals surface area contributed by atoms with E-state index >= 15 is 0 Å². The molecule has 0 aromatic heterocycles. The van der Waals surface area contributed by atoms with E-state index in [1.807, 2.05) is 25.1 Å². The molecule has 0 saturated carbocycles. The number of para-hydroxylation sites is 1. The molecular weight excluding hydrogens is 266 g/mol. The summed E-state index contributed by atoms with van der Waals surface area (Å²) in [5, 5.41) is 2.97. The zero-order valence-corrected chi connectivity index (χ0v) is 13.5. The summed E-state index contributed by atoms with van der Waals surface area (Å²) in [6.07, 6.45) is 1.66. The molecule has 2 atom stereocenters. The Morgan fingerprint density at radius 2 is 2.00 bits per heavy atom. The lowest BCUT2D eigenvalue weighted by Gasteiger charge is -2.18. The first-order valence-corrected chi connectivity index (χ1v) is 7.69. The Balaban J connectivity index is 2.57. The van der Waals surface area contributed by atoms with Crippen LogP contribution in [-0.2, 0) is 9.53 Å². The minimum absolute atomic E-state index is 0.223. The van der Waals surface area contributed by atoms with Crippen LogP contribution in [0.3, 0.4) is 0 Å². The second kappa shape index (κ2) is 9.40. The van der Waals surface area contributed by atoms with Crippen LogP contribution in [0.4, 0.5) is 0 Å². The Morgan fingerprint density at radius 1 is 1.29 bits per heavy atom. The monoisotopic (exact) mass is 293 g/mol. The van der Waals surface area contributed by atoms with Crippen molar-refractivity contribution in [1.29, 1.82) is 0 Å². The summed E-state index contributed by atoms with van der Waals surface area (Å²) in [4.78, 5) is 11.7. The zero-order valence-electron chi connectivity index (χ0n) is 13.5. The SMILES string of the molecule is CCOC(=O)C(CCOc1ccccc1C(C)CC)NC. The second-order valence-corrected chi connectivity index (χ2v) is 5.08. The molecule has 1 aromatic carbocycles. The minimum atomic E-state index is -0.319. The van der Waals surface area contributed by atoms with E-state index in [4.69, 9.17) is 9.47 Å². The summed E-state index contributed by atoms with van der Waals surface area (Å²) < 4.78 is 10.9. The van der Waals surface area contributed by atoms with Gasteiger partial charge in [-0.25, -0.2) is 0 Å². The molecule has 0 heterocycles. The smallest absolute Gasteiger partial charge is 0.323 e. The van der Waals surface area contributed by atoms with Gasteiger partial charge in [-0.2, -0.15) is 0 Å². The number of carbonyl (C=O) groups is 1. The lowest BCUT2D eigenvalue weighted by Crippen LogP contribution is -2.36. The van der Waals surface area contributed by atoms with Gasteiger partial charge in [0.05, 0.1) is 13.2 Å². The van der Waals surface area contributed by atoms with Gasteiger partial charge in [-0.1, -0.05) is 32.0 Å². The van der Waals surface area contributed by atoms with Crippen LogP contribution in [0.25, 0.3) is 0 Å². The van der Waals surface area contributed by atoms with Gasteiger partial charge in [-0.05, 0) is 37.9 Å². The van der Waals surface area contributed by atoms with E-state index in [2.05, 4.69) is 25.2 Å². The van der Waals surface area contributed by atoms with Crippen molar-refractivity contribution >= 4 is 5.97 Å². The normalized spacial score (nSPS) is 13.5. The fraction of sp³-hybridized carbons (Fsp3) is 0.588. The van der Waals surface area contributed by atoms with E-state index in [0.717, 1.165) is 12.2 Å². The van der Waals surface area contributed by atoms with Crippen LogP contribution in [0.15, 0.2) is 24.3 Å². The molecule has 0 aliphatic rings. The Morgan fingerprint density at radius 3 is 2.62 bits per heavy atom. The van der Waals surface area contributed by atoms with Gasteiger partial charge in [0, 0.05) is 6.42 Å². The highest BCUT2D eigenvalue weighted by Gasteiger charge is 2.18. The van der Waals surface area contributed by atoms with E-state index in [1.165, 1.54) is 5.56 Å². The molecule has 0 fully saturated rings. The number of rotatable bonds is 9. The summed E-state index contributed by atoms with van der Waals surface area (Å²) in [5.74, 6) is 1.15. The molecule has 0 aliphatic carbocycles. The maximum absolute atomic E-state index is 11.7. The third-order valence-electron chi connectivity index (χ3n) is 3.65. The quantitative estimate of drug-likeness (QED) is 0.711. The molecule has 0 spiro atoms. The molecule has 1 rings (SSSR count). The van der Waals surface area contributed by atoms with Gasteiger partial charge in [-0.15, -0.1) is 0 Å². The molecule has 0 saturated heterocycles. The van der Waals surface area contributed by atoms with E-state index in [9.17, 15) is 4.79 Å². The molecule has 21 heavy (non-hydrogen) atoms. The lowest BCUT2D eigenvalue weighted by molar-refractivity contribution is -0.145. The Kier molecular flexibility index (Phi) is 7.83. The summed E-state index contributed by atoms with van der Waals surface area (Å²) >= 11 is 0. The van der Waals surface area contributed by atoms with Crippen molar-refractivity contribution in [3.05, 3.63) is 29.8 Å². The number of likely N-dealkylation sites (N-methyl/N-ethyl adjacent to an activating group) is 1. The van der Waals surface area contributed by atoms with Gasteiger partial charge >= 0.3 is 5.97 Å². The van der Waals surface area contributed by atoms with E-state index in [0.29, 0.717) is 25.6 Å². The highest BCUT2D eigenvalue weighted by atomic mass is 16.5. The Hall–Kier alpha value is -1.55. The zero-order chi connectivity index (χ0) is 15.7. The number of benzene rings is 1. The predicted molar refractivity (Wildman–Crippen MR) is 84.7 cm³/mol. The largest absolute Gasteiger partial charge is 0.493 e. The van der Waals surface area contributed by atoms with Crippen LogP contribution in [0.2, 0.25) is 0 Å². The van der Waals surface area contributed by atoms with Crippen LogP contribution in [0.1, 0.15) is 45.1 Å². The fourth-order valence-electron chi connectivity index (χ4n) is 2.15. The van der Waals surface area contributed by atoms with Crippen molar-refractivity contribution in [2.75, 3.05) is 20.3 Å². The Bertz CT molecular complexity index is 434. The summed E-state index contributed by atoms with van der Waals surface area (Å²) in [6, 6.07) is 7.77. The molecule has 0 aliphatic heterocycles. The average Bonchev–Trinajstić information content (AvgIpc) is 2.51. The second-order valence-electron chi connectivity index (χ2n) is 5.08. The highest BCUT2D eigenvalue weighted by molar-refractivity contribution is 5.75. The highest BCUT2D eigenvalue weighted by Crippen LogP contribution is 2.28. The first-order valence-electron chi connectivity index (χ1n) is 7.69. The molecule has 1 N–H and O–H groups in total. The Labute approximate surface area is 127 Å². The first kappa shape index (κ1) is 17.5. The topological polar surface area (TPSA) is 47.6 Å². The standard InChI is InChI=1S/C17H27NO3/c1-5-13(3)14-9-7-8-10-16(14)21-12-11-15(18-4)17(19)20-6-2/h7-10,13,15,18H,5-6,11-12H2,1-4H3. The van der Waals surface area contributed by atoms with Crippen LogP contribution in [-0.4, -0.2) is 32.3 Å². The van der Waals surface area contributed by atoms with Crippen LogP contribution in [0, 0.1) is 0 Å². The third kappa shape index (κ3) is 5.38. The number of hydrogen-bond donors (Lipinski definition) is 1. The van der Waals surface area contributed by atoms with Gasteiger partial charge in [0.2, 0.25) is 0 Å². The molecule has 0 amide bonds. The van der Waals surface area contributed by atoms with Crippen molar-refractivity contribution in [3.63, 3.8) is 0 Å². The summed E-state index contributed by atoms with van der Waals surface area (Å²) in [7, 11) is 1.76. The van der Waals surface area contributed by atoms with Gasteiger partial charge in [-0.3, -0.25) is 4.79 Å². The number of esters is 1. The van der Waals surface area contributed by atoms with Crippen LogP contribution < -0.4 is 10.1 Å². The molecule has 118 valence electrons. The summed E-state index contributed by atoms with van der Waals surface area (Å²) in [5.41, 5.74) is 1.22. The van der Waals surface area contributed by atoms with Gasteiger partial charge in [0.1, 0.15) is 11.8 Å². The molecular formula is C17H27NO3. The average molecular weight is 293 g/mol. The molecule has 0 radical (unpaired) electrons. The molecule has 4 heteroatoms. The van der Waals surface area contributed by atoms with Crippen molar-refractivity contribution in [1.82, 2.24) is 5.32 Å². The summed E-state index contributed by atoms with van der Waals surface area (Å²) in [6.45, 7) is 7.05. The predicted octanol–water partition coefficient (Wildman–Crippen LogP) is 3.12. The molecule has 4 nitrogen and oxygen atoms in total. The fourth-order valence-corrected chi connectivity index (χ4v) is 2.15. The third-order valence-corrected chi connectivity index (χ3v) is 3.65. The van der Waals surface area contributed by atoms with Gasteiger partial charge < -0.3 is 14.8 Å². The van der Waals surface area contributed by atoms with Crippen LogP contribution in [0.5, 0.6) is 5.75 Å². The van der Waals surface area contributed by atoms with Crippen molar-refractivity contribution in [2.24, 2.45) is 0 Å². The molecule has 1 aromatic rings. The van der Waals surface area contributed by atoms with Crippen molar-refractivity contribution in [2.45, 2.75) is 45.6 Å². The van der Waals surface area contributed by atoms with Crippen molar-refractivity contribution in [3.8, 4) is 5.75 Å². The van der Waals surface area contributed by atoms with Gasteiger partial charge in [0.25, 0.3) is 0 Å².